The van der Waals surface area contributed by atoms with Crippen molar-refractivity contribution in [3.8, 4) is 0 Å². The van der Waals surface area contributed by atoms with Gasteiger partial charge in [-0.05, 0) is 36.8 Å². The van der Waals surface area contributed by atoms with Crippen LogP contribution in [0.1, 0.15) is 33.5 Å². The minimum Gasteiger partial charge on any atom is -0.333 e. The van der Waals surface area contributed by atoms with E-state index >= 15 is 0 Å². The molecule has 136 valence electrons. The lowest BCUT2D eigenvalue weighted by Gasteiger charge is -2.20. The molecule has 0 spiro atoms. The van der Waals surface area contributed by atoms with E-state index in [0.29, 0.717) is 18.8 Å². The molecular weight excluding hydrogens is 338 g/mol. The van der Waals surface area contributed by atoms with Crippen LogP contribution in [0.5, 0.6) is 0 Å². The average Bonchev–Trinajstić information content (AvgIpc) is 2.73. The summed E-state index contributed by atoms with van der Waals surface area (Å²) in [6, 6.07) is 23.8. The van der Waals surface area contributed by atoms with E-state index in [2.05, 4.69) is 10.3 Å². The number of carbonyl (C=O) groups excluding carboxylic acids is 2. The van der Waals surface area contributed by atoms with Crippen LogP contribution in [0.4, 0.5) is 5.69 Å². The van der Waals surface area contributed by atoms with E-state index in [4.69, 9.17) is 0 Å². The zero-order valence-electron chi connectivity index (χ0n) is 15.1. The highest BCUT2D eigenvalue weighted by Crippen LogP contribution is 2.11. The van der Waals surface area contributed by atoms with Gasteiger partial charge in [-0.2, -0.15) is 0 Å². The van der Waals surface area contributed by atoms with Gasteiger partial charge in [0.1, 0.15) is 11.4 Å². The van der Waals surface area contributed by atoms with Gasteiger partial charge in [-0.25, -0.2) is 4.98 Å². The first-order valence-corrected chi connectivity index (χ1v) is 8.84. The number of nitrogens with zero attached hydrogens (tertiary/aromatic N) is 2. The largest absolute Gasteiger partial charge is 0.333 e. The van der Waals surface area contributed by atoms with E-state index < -0.39 is 0 Å². The van der Waals surface area contributed by atoms with Gasteiger partial charge in [-0.3, -0.25) is 9.59 Å². The lowest BCUT2D eigenvalue weighted by molar-refractivity contribution is 0.0746. The first-order chi connectivity index (χ1) is 13.2. The van der Waals surface area contributed by atoms with Crippen molar-refractivity contribution in [3.63, 3.8) is 0 Å². The molecule has 1 aromatic heterocycles. The SMILES string of the molecule is CCN(Cc1ccccc1)C(=O)c1cccc(C(=O)Nc2ccccc2)n1. The Bertz CT molecular complexity index is 911. The summed E-state index contributed by atoms with van der Waals surface area (Å²) >= 11 is 0. The minimum atomic E-state index is -0.345. The molecule has 1 heterocycles. The van der Waals surface area contributed by atoms with E-state index in [1.165, 1.54) is 0 Å². The number of nitrogens with one attached hydrogen (secondary N) is 1. The highest BCUT2D eigenvalue weighted by molar-refractivity contribution is 6.03. The predicted molar refractivity (Wildman–Crippen MR) is 105 cm³/mol. The third-order valence-electron chi connectivity index (χ3n) is 4.12. The van der Waals surface area contributed by atoms with Crippen LogP contribution in [0, 0.1) is 0 Å². The number of rotatable bonds is 6. The number of anilines is 1. The standard InChI is InChI=1S/C22H21N3O2/c1-2-25(16-17-10-5-3-6-11-17)22(27)20-15-9-14-19(24-20)21(26)23-18-12-7-4-8-13-18/h3-15H,2,16H2,1H3,(H,23,26). The molecule has 0 aliphatic rings. The van der Waals surface area contributed by atoms with Crippen molar-refractivity contribution in [1.82, 2.24) is 9.88 Å². The van der Waals surface area contributed by atoms with Crippen molar-refractivity contribution in [1.29, 1.82) is 0 Å². The molecule has 0 aliphatic carbocycles. The lowest BCUT2D eigenvalue weighted by Crippen LogP contribution is -2.31. The number of amides is 2. The number of hydrogen-bond acceptors (Lipinski definition) is 3. The highest BCUT2D eigenvalue weighted by atomic mass is 16.2. The van der Waals surface area contributed by atoms with E-state index in [-0.39, 0.29) is 23.2 Å². The van der Waals surface area contributed by atoms with Crippen LogP contribution >= 0.6 is 0 Å². The Kier molecular flexibility index (Phi) is 5.94. The van der Waals surface area contributed by atoms with Gasteiger partial charge in [-0.15, -0.1) is 0 Å². The molecule has 0 saturated carbocycles. The summed E-state index contributed by atoms with van der Waals surface area (Å²) in [4.78, 5) is 31.2. The van der Waals surface area contributed by atoms with Crippen molar-refractivity contribution in [3.05, 3.63) is 95.8 Å². The Balaban J connectivity index is 1.75. The Labute approximate surface area is 158 Å². The summed E-state index contributed by atoms with van der Waals surface area (Å²) in [6.07, 6.45) is 0. The van der Waals surface area contributed by atoms with Crippen molar-refractivity contribution in [2.45, 2.75) is 13.5 Å². The summed E-state index contributed by atoms with van der Waals surface area (Å²) in [5.74, 6) is -0.544. The average molecular weight is 359 g/mol. The van der Waals surface area contributed by atoms with E-state index in [1.54, 1.807) is 35.2 Å². The molecule has 5 heteroatoms. The number of pyridine rings is 1. The molecule has 2 amide bonds. The molecule has 0 atom stereocenters. The Morgan fingerprint density at radius 3 is 2.15 bits per heavy atom. The summed E-state index contributed by atoms with van der Waals surface area (Å²) in [5.41, 5.74) is 2.19. The van der Waals surface area contributed by atoms with Gasteiger partial charge < -0.3 is 10.2 Å². The monoisotopic (exact) mass is 359 g/mol. The predicted octanol–water partition coefficient (Wildman–Crippen LogP) is 4.00. The van der Waals surface area contributed by atoms with Gasteiger partial charge >= 0.3 is 0 Å². The maximum atomic E-state index is 12.8. The zero-order valence-corrected chi connectivity index (χ0v) is 15.1. The summed E-state index contributed by atoms with van der Waals surface area (Å²) < 4.78 is 0. The van der Waals surface area contributed by atoms with Gasteiger partial charge in [0.25, 0.3) is 11.8 Å². The molecule has 5 nitrogen and oxygen atoms in total. The second-order valence-corrected chi connectivity index (χ2v) is 6.03. The van der Waals surface area contributed by atoms with Crippen molar-refractivity contribution >= 4 is 17.5 Å². The highest BCUT2D eigenvalue weighted by Gasteiger charge is 2.18. The Morgan fingerprint density at radius 1 is 0.852 bits per heavy atom. The quantitative estimate of drug-likeness (QED) is 0.724. The fourth-order valence-electron chi connectivity index (χ4n) is 2.69. The summed E-state index contributed by atoms with van der Waals surface area (Å²) in [7, 11) is 0. The fourth-order valence-corrected chi connectivity index (χ4v) is 2.69. The third kappa shape index (κ3) is 4.79. The maximum Gasteiger partial charge on any atom is 0.274 e. The van der Waals surface area contributed by atoms with Crippen LogP contribution in [0.15, 0.2) is 78.9 Å². The first kappa shape index (κ1) is 18.3. The molecule has 0 saturated heterocycles. The van der Waals surface area contributed by atoms with Crippen LogP contribution in [0.3, 0.4) is 0 Å². The van der Waals surface area contributed by atoms with E-state index in [1.807, 2.05) is 55.5 Å². The van der Waals surface area contributed by atoms with Crippen molar-refractivity contribution in [2.24, 2.45) is 0 Å². The molecule has 3 rings (SSSR count). The molecule has 0 radical (unpaired) electrons. The smallest absolute Gasteiger partial charge is 0.274 e. The molecule has 27 heavy (non-hydrogen) atoms. The number of carbonyl (C=O) groups is 2. The van der Waals surface area contributed by atoms with Crippen molar-refractivity contribution < 1.29 is 9.59 Å². The second kappa shape index (κ2) is 8.76. The first-order valence-electron chi connectivity index (χ1n) is 8.84. The van der Waals surface area contributed by atoms with Gasteiger partial charge in [0, 0.05) is 18.8 Å². The number of aromatic nitrogens is 1. The van der Waals surface area contributed by atoms with Gasteiger partial charge in [0.15, 0.2) is 0 Å². The molecule has 0 aliphatic heterocycles. The molecule has 0 fully saturated rings. The molecular formula is C22H21N3O2. The van der Waals surface area contributed by atoms with E-state index in [9.17, 15) is 9.59 Å². The van der Waals surface area contributed by atoms with Gasteiger partial charge in [0.2, 0.25) is 0 Å². The number of benzene rings is 2. The number of hydrogen-bond donors (Lipinski definition) is 1. The number of para-hydroxylation sites is 1. The molecule has 0 bridgehead atoms. The van der Waals surface area contributed by atoms with Crippen LogP contribution in [0.2, 0.25) is 0 Å². The van der Waals surface area contributed by atoms with Crippen LogP contribution < -0.4 is 5.32 Å². The Morgan fingerprint density at radius 2 is 1.48 bits per heavy atom. The molecule has 0 unspecified atom stereocenters. The normalized spacial score (nSPS) is 10.3. The lowest BCUT2D eigenvalue weighted by atomic mass is 10.2. The summed E-state index contributed by atoms with van der Waals surface area (Å²) in [5, 5.41) is 2.78. The van der Waals surface area contributed by atoms with Crippen LogP contribution in [-0.4, -0.2) is 28.2 Å². The molecule has 3 aromatic rings. The topological polar surface area (TPSA) is 62.3 Å². The van der Waals surface area contributed by atoms with Crippen LogP contribution in [-0.2, 0) is 6.54 Å². The van der Waals surface area contributed by atoms with Gasteiger partial charge in [0.05, 0.1) is 0 Å². The van der Waals surface area contributed by atoms with E-state index in [0.717, 1.165) is 5.56 Å². The Hall–Kier alpha value is -3.47. The fraction of sp³-hybridized carbons (Fsp3) is 0.136. The minimum absolute atomic E-state index is 0.198. The molecule has 2 aromatic carbocycles. The maximum absolute atomic E-state index is 12.8. The second-order valence-electron chi connectivity index (χ2n) is 6.03. The molecule has 1 N–H and O–H groups in total. The van der Waals surface area contributed by atoms with Gasteiger partial charge in [-0.1, -0.05) is 54.6 Å². The third-order valence-corrected chi connectivity index (χ3v) is 4.12. The van der Waals surface area contributed by atoms with Crippen LogP contribution in [0.25, 0.3) is 0 Å². The van der Waals surface area contributed by atoms with Crippen molar-refractivity contribution in [2.75, 3.05) is 11.9 Å². The zero-order chi connectivity index (χ0) is 19.1. The summed E-state index contributed by atoms with van der Waals surface area (Å²) in [6.45, 7) is 2.97.